The fourth-order valence-electron chi connectivity index (χ4n) is 1.47. The normalized spacial score (nSPS) is 12.2. The van der Waals surface area contributed by atoms with Crippen molar-refractivity contribution >= 4 is 23.2 Å². The first-order valence-corrected chi connectivity index (χ1v) is 5.81. The lowest BCUT2D eigenvalue weighted by Gasteiger charge is -2.11. The molecule has 4 heteroatoms. The topological polar surface area (TPSA) is 55.1 Å². The van der Waals surface area contributed by atoms with Crippen LogP contribution in [0.5, 0.6) is 0 Å². The van der Waals surface area contributed by atoms with E-state index in [9.17, 15) is 4.79 Å². The van der Waals surface area contributed by atoms with Crippen LogP contribution in [-0.2, 0) is 4.79 Å². The molecule has 1 rings (SSSR count). The van der Waals surface area contributed by atoms with E-state index in [1.54, 1.807) is 12.1 Å². The number of hydrogen-bond donors (Lipinski definition) is 2. The zero-order chi connectivity index (χ0) is 12.0. The van der Waals surface area contributed by atoms with Gasteiger partial charge in [0.1, 0.15) is 0 Å². The van der Waals surface area contributed by atoms with Crippen molar-refractivity contribution in [1.82, 2.24) is 0 Å². The van der Waals surface area contributed by atoms with Gasteiger partial charge in [0.05, 0.1) is 10.7 Å². The van der Waals surface area contributed by atoms with Crippen LogP contribution < -0.4 is 11.1 Å². The van der Waals surface area contributed by atoms with Gasteiger partial charge in [-0.05, 0) is 18.6 Å². The molecule has 16 heavy (non-hydrogen) atoms. The molecule has 0 saturated carbocycles. The number of carbonyl (C=O) groups is 1. The fraction of sp³-hybridized carbons (Fsp3) is 0.417. The standard InChI is InChI=1S/C12H17ClN2O/c1-2-5-9(14)8-12(16)15-11-7-4-3-6-10(11)13/h3-4,6-7,9H,2,5,8,14H2,1H3,(H,15,16). The first kappa shape index (κ1) is 13.0. The van der Waals surface area contributed by atoms with Crippen LogP contribution in [0, 0.1) is 0 Å². The van der Waals surface area contributed by atoms with Gasteiger partial charge in [0.15, 0.2) is 0 Å². The van der Waals surface area contributed by atoms with Gasteiger partial charge < -0.3 is 11.1 Å². The third kappa shape index (κ3) is 4.21. The Balaban J connectivity index is 2.49. The summed E-state index contributed by atoms with van der Waals surface area (Å²) in [5.74, 6) is -0.0888. The van der Waals surface area contributed by atoms with Crippen molar-refractivity contribution in [2.24, 2.45) is 5.73 Å². The number of hydrogen-bond acceptors (Lipinski definition) is 2. The predicted molar refractivity (Wildman–Crippen MR) is 67.6 cm³/mol. The minimum atomic E-state index is -0.0888. The molecule has 1 unspecified atom stereocenters. The second-order valence-corrected chi connectivity index (χ2v) is 4.19. The monoisotopic (exact) mass is 240 g/mol. The summed E-state index contributed by atoms with van der Waals surface area (Å²) in [4.78, 5) is 11.6. The minimum absolute atomic E-state index is 0.0764. The Kier molecular flexibility index (Phi) is 5.29. The number of benzene rings is 1. The molecule has 0 fully saturated rings. The molecule has 0 bridgehead atoms. The van der Waals surface area contributed by atoms with Crippen molar-refractivity contribution in [2.75, 3.05) is 5.32 Å². The summed E-state index contributed by atoms with van der Waals surface area (Å²) in [7, 11) is 0. The van der Waals surface area contributed by atoms with Gasteiger partial charge in [-0.3, -0.25) is 4.79 Å². The van der Waals surface area contributed by atoms with Crippen molar-refractivity contribution in [3.63, 3.8) is 0 Å². The van der Waals surface area contributed by atoms with Gasteiger partial charge in [-0.1, -0.05) is 37.1 Å². The molecule has 0 aliphatic rings. The lowest BCUT2D eigenvalue weighted by atomic mass is 10.1. The van der Waals surface area contributed by atoms with E-state index in [0.29, 0.717) is 17.1 Å². The Morgan fingerprint density at radius 1 is 1.50 bits per heavy atom. The predicted octanol–water partition coefficient (Wildman–Crippen LogP) is 2.80. The Hall–Kier alpha value is -1.06. The molecule has 0 heterocycles. The maximum absolute atomic E-state index is 11.6. The number of amides is 1. The minimum Gasteiger partial charge on any atom is -0.327 e. The quantitative estimate of drug-likeness (QED) is 0.832. The van der Waals surface area contributed by atoms with Crippen LogP contribution in [0.1, 0.15) is 26.2 Å². The summed E-state index contributed by atoms with van der Waals surface area (Å²) in [5, 5.41) is 3.29. The molecule has 1 aromatic rings. The molecular formula is C12H17ClN2O. The fourth-order valence-corrected chi connectivity index (χ4v) is 1.66. The maximum atomic E-state index is 11.6. The number of nitrogens with two attached hydrogens (primary N) is 1. The van der Waals surface area contributed by atoms with E-state index >= 15 is 0 Å². The van der Waals surface area contributed by atoms with E-state index in [2.05, 4.69) is 5.32 Å². The maximum Gasteiger partial charge on any atom is 0.225 e. The molecule has 1 amide bonds. The van der Waals surface area contributed by atoms with Crippen LogP contribution in [0.25, 0.3) is 0 Å². The summed E-state index contributed by atoms with van der Waals surface area (Å²) in [6, 6.07) is 7.08. The zero-order valence-electron chi connectivity index (χ0n) is 9.37. The van der Waals surface area contributed by atoms with Crippen molar-refractivity contribution in [2.45, 2.75) is 32.2 Å². The Morgan fingerprint density at radius 2 is 2.19 bits per heavy atom. The summed E-state index contributed by atoms with van der Waals surface area (Å²) < 4.78 is 0. The summed E-state index contributed by atoms with van der Waals surface area (Å²) in [6.45, 7) is 2.05. The smallest absolute Gasteiger partial charge is 0.225 e. The molecule has 1 aromatic carbocycles. The molecule has 1 atom stereocenters. The zero-order valence-corrected chi connectivity index (χ0v) is 10.1. The molecule has 0 aliphatic heterocycles. The van der Waals surface area contributed by atoms with Crippen molar-refractivity contribution in [1.29, 1.82) is 0 Å². The van der Waals surface area contributed by atoms with Crippen molar-refractivity contribution < 1.29 is 4.79 Å². The van der Waals surface area contributed by atoms with Crippen LogP contribution >= 0.6 is 11.6 Å². The van der Waals surface area contributed by atoms with E-state index in [-0.39, 0.29) is 11.9 Å². The van der Waals surface area contributed by atoms with Gasteiger partial charge in [-0.25, -0.2) is 0 Å². The van der Waals surface area contributed by atoms with E-state index < -0.39 is 0 Å². The van der Waals surface area contributed by atoms with Crippen LogP contribution in [0.4, 0.5) is 5.69 Å². The number of carbonyl (C=O) groups excluding carboxylic acids is 1. The van der Waals surface area contributed by atoms with Gasteiger partial charge in [0.25, 0.3) is 0 Å². The van der Waals surface area contributed by atoms with Crippen LogP contribution in [0.3, 0.4) is 0 Å². The molecule has 0 spiro atoms. The summed E-state index contributed by atoms with van der Waals surface area (Å²) in [6.07, 6.45) is 2.18. The molecular weight excluding hydrogens is 224 g/mol. The Labute approximate surface area is 101 Å². The second-order valence-electron chi connectivity index (χ2n) is 3.78. The molecule has 88 valence electrons. The van der Waals surface area contributed by atoms with E-state index in [1.807, 2.05) is 19.1 Å². The number of halogens is 1. The summed E-state index contributed by atoms with van der Waals surface area (Å²) in [5.41, 5.74) is 6.42. The van der Waals surface area contributed by atoms with Crippen LogP contribution in [0.15, 0.2) is 24.3 Å². The van der Waals surface area contributed by atoms with Crippen molar-refractivity contribution in [3.8, 4) is 0 Å². The van der Waals surface area contributed by atoms with Gasteiger partial charge in [-0.2, -0.15) is 0 Å². The number of para-hydroxylation sites is 1. The highest BCUT2D eigenvalue weighted by Crippen LogP contribution is 2.20. The molecule has 0 aliphatic carbocycles. The average Bonchev–Trinajstić information content (AvgIpc) is 2.21. The Bertz CT molecular complexity index is 355. The number of rotatable bonds is 5. The third-order valence-corrected chi connectivity index (χ3v) is 2.58. The summed E-state index contributed by atoms with van der Waals surface area (Å²) >= 11 is 5.92. The molecule has 0 aromatic heterocycles. The van der Waals surface area contributed by atoms with E-state index in [4.69, 9.17) is 17.3 Å². The average molecular weight is 241 g/mol. The number of nitrogens with one attached hydrogen (secondary N) is 1. The number of anilines is 1. The van der Waals surface area contributed by atoms with E-state index in [1.165, 1.54) is 0 Å². The largest absolute Gasteiger partial charge is 0.327 e. The first-order chi connectivity index (χ1) is 7.63. The van der Waals surface area contributed by atoms with Crippen LogP contribution in [-0.4, -0.2) is 11.9 Å². The van der Waals surface area contributed by atoms with Gasteiger partial charge in [0, 0.05) is 12.5 Å². The van der Waals surface area contributed by atoms with E-state index in [0.717, 1.165) is 12.8 Å². The SMILES string of the molecule is CCCC(N)CC(=O)Nc1ccccc1Cl. The highest BCUT2D eigenvalue weighted by atomic mass is 35.5. The second kappa shape index (κ2) is 6.51. The Morgan fingerprint density at radius 3 is 2.81 bits per heavy atom. The molecule has 3 nitrogen and oxygen atoms in total. The molecule has 0 saturated heterocycles. The van der Waals surface area contributed by atoms with Crippen LogP contribution in [0.2, 0.25) is 5.02 Å². The lowest BCUT2D eigenvalue weighted by Crippen LogP contribution is -2.26. The third-order valence-electron chi connectivity index (χ3n) is 2.25. The highest BCUT2D eigenvalue weighted by molar-refractivity contribution is 6.33. The van der Waals surface area contributed by atoms with Gasteiger partial charge in [0.2, 0.25) is 5.91 Å². The molecule has 0 radical (unpaired) electrons. The van der Waals surface area contributed by atoms with Gasteiger partial charge in [-0.15, -0.1) is 0 Å². The van der Waals surface area contributed by atoms with Crippen molar-refractivity contribution in [3.05, 3.63) is 29.3 Å². The lowest BCUT2D eigenvalue weighted by molar-refractivity contribution is -0.116. The highest BCUT2D eigenvalue weighted by Gasteiger charge is 2.09. The first-order valence-electron chi connectivity index (χ1n) is 5.43. The van der Waals surface area contributed by atoms with Gasteiger partial charge >= 0.3 is 0 Å². The molecule has 3 N–H and O–H groups in total.